The van der Waals surface area contributed by atoms with Gasteiger partial charge in [0, 0.05) is 12.6 Å². The van der Waals surface area contributed by atoms with Crippen LogP contribution in [0.4, 0.5) is 0 Å². The van der Waals surface area contributed by atoms with Crippen molar-refractivity contribution in [3.63, 3.8) is 0 Å². The van der Waals surface area contributed by atoms with Crippen LogP contribution in [-0.2, 0) is 11.2 Å². The Bertz CT molecular complexity index is 484. The minimum absolute atomic E-state index is 0.0479. The molecule has 1 aromatic rings. The van der Waals surface area contributed by atoms with Gasteiger partial charge < -0.3 is 15.8 Å². The number of aryl methyl sites for hydroxylation is 1. The summed E-state index contributed by atoms with van der Waals surface area (Å²) in [6.07, 6.45) is 4.17. The molecule has 1 aliphatic rings. The SMILES string of the molecule is CCC(N)Cc1cc(C)ccc1OCC(=O)NCC1CC1. The van der Waals surface area contributed by atoms with Crippen molar-refractivity contribution >= 4 is 5.91 Å². The number of nitrogens with two attached hydrogens (primary N) is 1. The largest absolute Gasteiger partial charge is 0.483 e. The molecule has 1 unspecified atom stereocenters. The molecular weight excluding hydrogens is 264 g/mol. The number of nitrogens with one attached hydrogen (secondary N) is 1. The summed E-state index contributed by atoms with van der Waals surface area (Å²) in [5.74, 6) is 1.41. The van der Waals surface area contributed by atoms with E-state index in [9.17, 15) is 4.79 Å². The van der Waals surface area contributed by atoms with E-state index >= 15 is 0 Å². The van der Waals surface area contributed by atoms with E-state index in [0.29, 0.717) is 5.92 Å². The van der Waals surface area contributed by atoms with Crippen LogP contribution in [0.1, 0.15) is 37.3 Å². The van der Waals surface area contributed by atoms with Gasteiger partial charge in [-0.2, -0.15) is 0 Å². The molecule has 1 aliphatic carbocycles. The summed E-state index contributed by atoms with van der Waals surface area (Å²) in [5.41, 5.74) is 8.30. The van der Waals surface area contributed by atoms with Gasteiger partial charge in [-0.25, -0.2) is 0 Å². The molecule has 0 heterocycles. The van der Waals surface area contributed by atoms with Crippen molar-refractivity contribution in [3.8, 4) is 5.75 Å². The van der Waals surface area contributed by atoms with Crippen LogP contribution in [0.5, 0.6) is 5.75 Å². The lowest BCUT2D eigenvalue weighted by atomic mass is 10.0. The predicted octanol–water partition coefficient (Wildman–Crippen LogP) is 2.18. The number of ether oxygens (including phenoxy) is 1. The Kier molecular flexibility index (Phi) is 5.62. The van der Waals surface area contributed by atoms with Gasteiger partial charge in [-0.1, -0.05) is 24.6 Å². The van der Waals surface area contributed by atoms with Crippen LogP contribution in [0.3, 0.4) is 0 Å². The van der Waals surface area contributed by atoms with Gasteiger partial charge in [-0.05, 0) is 50.2 Å². The van der Waals surface area contributed by atoms with Gasteiger partial charge in [0.15, 0.2) is 6.61 Å². The Balaban J connectivity index is 1.89. The van der Waals surface area contributed by atoms with E-state index in [2.05, 4.69) is 18.3 Å². The number of hydrogen-bond donors (Lipinski definition) is 2. The Morgan fingerprint density at radius 2 is 2.24 bits per heavy atom. The minimum Gasteiger partial charge on any atom is -0.483 e. The highest BCUT2D eigenvalue weighted by atomic mass is 16.5. The lowest BCUT2D eigenvalue weighted by molar-refractivity contribution is -0.123. The van der Waals surface area contributed by atoms with E-state index in [0.717, 1.165) is 30.7 Å². The van der Waals surface area contributed by atoms with Crippen LogP contribution in [0.2, 0.25) is 0 Å². The molecule has 116 valence electrons. The van der Waals surface area contributed by atoms with Crippen molar-refractivity contribution < 1.29 is 9.53 Å². The van der Waals surface area contributed by atoms with E-state index in [1.54, 1.807) is 0 Å². The second-order valence-corrected chi connectivity index (χ2v) is 6.02. The zero-order chi connectivity index (χ0) is 15.2. The highest BCUT2D eigenvalue weighted by Gasteiger charge is 2.21. The average molecular weight is 290 g/mol. The standard InChI is InChI=1S/C17H26N2O2/c1-3-15(18)9-14-8-12(2)4-7-16(14)21-11-17(20)19-10-13-5-6-13/h4,7-8,13,15H,3,5-6,9-11,18H2,1-2H3,(H,19,20). The molecule has 1 saturated carbocycles. The minimum atomic E-state index is -0.0479. The molecule has 0 bridgehead atoms. The maximum atomic E-state index is 11.7. The van der Waals surface area contributed by atoms with Crippen LogP contribution in [0, 0.1) is 12.8 Å². The van der Waals surface area contributed by atoms with Gasteiger partial charge in [0.2, 0.25) is 0 Å². The molecule has 1 aromatic carbocycles. The fourth-order valence-electron chi connectivity index (χ4n) is 2.21. The smallest absolute Gasteiger partial charge is 0.257 e. The number of hydrogen-bond acceptors (Lipinski definition) is 3. The maximum Gasteiger partial charge on any atom is 0.257 e. The first-order chi connectivity index (χ1) is 10.1. The topological polar surface area (TPSA) is 64.3 Å². The molecule has 0 saturated heterocycles. The Hall–Kier alpha value is -1.55. The third kappa shape index (κ3) is 5.38. The van der Waals surface area contributed by atoms with Crippen LogP contribution < -0.4 is 15.8 Å². The van der Waals surface area contributed by atoms with Crippen molar-refractivity contribution in [2.24, 2.45) is 11.7 Å². The highest BCUT2D eigenvalue weighted by molar-refractivity contribution is 5.77. The summed E-state index contributed by atoms with van der Waals surface area (Å²) in [4.78, 5) is 11.7. The average Bonchev–Trinajstić information content (AvgIpc) is 3.28. The molecule has 1 atom stereocenters. The van der Waals surface area contributed by atoms with E-state index < -0.39 is 0 Å². The molecule has 2 rings (SSSR count). The summed E-state index contributed by atoms with van der Waals surface area (Å²) in [6, 6.07) is 6.14. The molecule has 4 heteroatoms. The van der Waals surface area contributed by atoms with Crippen molar-refractivity contribution in [2.75, 3.05) is 13.2 Å². The third-order valence-electron chi connectivity index (χ3n) is 3.87. The summed E-state index contributed by atoms with van der Waals surface area (Å²) in [5, 5.41) is 2.91. The van der Waals surface area contributed by atoms with Crippen LogP contribution >= 0.6 is 0 Å². The second-order valence-electron chi connectivity index (χ2n) is 6.02. The van der Waals surface area contributed by atoms with Gasteiger partial charge in [0.25, 0.3) is 5.91 Å². The molecule has 3 N–H and O–H groups in total. The van der Waals surface area contributed by atoms with Crippen molar-refractivity contribution in [2.45, 2.75) is 45.6 Å². The molecule has 0 aliphatic heterocycles. The van der Waals surface area contributed by atoms with Crippen LogP contribution in [0.15, 0.2) is 18.2 Å². The molecule has 0 radical (unpaired) electrons. The predicted molar refractivity (Wildman–Crippen MR) is 84.4 cm³/mol. The highest BCUT2D eigenvalue weighted by Crippen LogP contribution is 2.27. The lowest BCUT2D eigenvalue weighted by Gasteiger charge is -2.15. The van der Waals surface area contributed by atoms with Crippen molar-refractivity contribution in [1.29, 1.82) is 0 Å². The molecule has 1 fully saturated rings. The van der Waals surface area contributed by atoms with E-state index in [-0.39, 0.29) is 18.6 Å². The van der Waals surface area contributed by atoms with Gasteiger partial charge in [0.1, 0.15) is 5.75 Å². The van der Waals surface area contributed by atoms with Gasteiger partial charge in [0.05, 0.1) is 0 Å². The summed E-state index contributed by atoms with van der Waals surface area (Å²) >= 11 is 0. The molecule has 0 spiro atoms. The van der Waals surface area contributed by atoms with Crippen molar-refractivity contribution in [3.05, 3.63) is 29.3 Å². The molecular formula is C17H26N2O2. The van der Waals surface area contributed by atoms with E-state index in [1.807, 2.05) is 19.1 Å². The Labute approximate surface area is 127 Å². The Morgan fingerprint density at radius 3 is 2.90 bits per heavy atom. The van der Waals surface area contributed by atoms with Crippen LogP contribution in [-0.4, -0.2) is 25.1 Å². The molecule has 4 nitrogen and oxygen atoms in total. The van der Waals surface area contributed by atoms with E-state index in [1.165, 1.54) is 18.4 Å². The summed E-state index contributed by atoms with van der Waals surface area (Å²) < 4.78 is 5.68. The van der Waals surface area contributed by atoms with E-state index in [4.69, 9.17) is 10.5 Å². The lowest BCUT2D eigenvalue weighted by Crippen LogP contribution is -2.30. The van der Waals surface area contributed by atoms with Gasteiger partial charge in [-0.15, -0.1) is 0 Å². The fraction of sp³-hybridized carbons (Fsp3) is 0.588. The van der Waals surface area contributed by atoms with Crippen LogP contribution in [0.25, 0.3) is 0 Å². The van der Waals surface area contributed by atoms with Crippen molar-refractivity contribution in [1.82, 2.24) is 5.32 Å². The van der Waals surface area contributed by atoms with Gasteiger partial charge >= 0.3 is 0 Å². The zero-order valence-corrected chi connectivity index (χ0v) is 13.0. The first-order valence-electron chi connectivity index (χ1n) is 7.83. The fourth-order valence-corrected chi connectivity index (χ4v) is 2.21. The number of amides is 1. The van der Waals surface area contributed by atoms with Gasteiger partial charge in [-0.3, -0.25) is 4.79 Å². The first-order valence-corrected chi connectivity index (χ1v) is 7.83. The number of benzene rings is 1. The number of carbonyl (C=O) groups is 1. The zero-order valence-electron chi connectivity index (χ0n) is 13.0. The quantitative estimate of drug-likeness (QED) is 0.771. The number of carbonyl (C=O) groups excluding carboxylic acids is 1. The number of rotatable bonds is 8. The Morgan fingerprint density at radius 1 is 1.48 bits per heavy atom. The molecule has 0 aromatic heterocycles. The summed E-state index contributed by atoms with van der Waals surface area (Å²) in [7, 11) is 0. The normalized spacial score (nSPS) is 15.6. The maximum absolute atomic E-state index is 11.7. The molecule has 1 amide bonds. The summed E-state index contributed by atoms with van der Waals surface area (Å²) in [6.45, 7) is 4.98. The monoisotopic (exact) mass is 290 g/mol. The first kappa shape index (κ1) is 15.8. The third-order valence-corrected chi connectivity index (χ3v) is 3.87. The molecule has 21 heavy (non-hydrogen) atoms. The second kappa shape index (κ2) is 7.46.